The van der Waals surface area contributed by atoms with Crippen molar-refractivity contribution >= 4 is 12.4 Å². The third-order valence-corrected chi connectivity index (χ3v) is 1.81. The van der Waals surface area contributed by atoms with Crippen molar-refractivity contribution in [2.45, 2.75) is 13.0 Å². The van der Waals surface area contributed by atoms with E-state index in [1.54, 1.807) is 18.2 Å². The molecule has 0 aromatic heterocycles. The molecule has 2 nitrogen and oxygen atoms in total. The average Bonchev–Trinajstić information content (AvgIpc) is 2.21. The van der Waals surface area contributed by atoms with Crippen LogP contribution in [0.4, 0.5) is 4.39 Å². The second-order valence-corrected chi connectivity index (χ2v) is 2.78. The number of halogens is 1. The Bertz CT molecular complexity index is 345. The molecule has 0 amide bonds. The van der Waals surface area contributed by atoms with Crippen LogP contribution in [0.15, 0.2) is 24.3 Å². The summed E-state index contributed by atoms with van der Waals surface area (Å²) in [6.45, 7) is -0.318. The zero-order valence-corrected chi connectivity index (χ0v) is 7.61. The second kappa shape index (κ2) is 5.29. The number of rotatable bonds is 4. The maximum Gasteiger partial charge on any atom is 0.135 e. The number of aliphatic hydroxyl groups is 1. The van der Waals surface area contributed by atoms with Gasteiger partial charge in [-0.3, -0.25) is 0 Å². The van der Waals surface area contributed by atoms with Crippen molar-refractivity contribution < 1.29 is 14.3 Å². The third kappa shape index (κ3) is 2.50. The molecule has 0 bridgehead atoms. The zero-order chi connectivity index (χ0) is 10.4. The van der Waals surface area contributed by atoms with Crippen LogP contribution in [0.25, 0.3) is 6.08 Å². The fourth-order valence-corrected chi connectivity index (χ4v) is 1.10. The highest BCUT2D eigenvalue weighted by atomic mass is 19.1. The summed E-state index contributed by atoms with van der Waals surface area (Å²) in [5, 5.41) is 8.79. The van der Waals surface area contributed by atoms with Crippen LogP contribution in [0.1, 0.15) is 17.5 Å². The molecule has 0 aliphatic heterocycles. The van der Waals surface area contributed by atoms with Crippen LogP contribution in [-0.2, 0) is 11.4 Å². The fourth-order valence-electron chi connectivity index (χ4n) is 1.10. The molecule has 1 N–H and O–H groups in total. The molecule has 0 spiro atoms. The fraction of sp³-hybridized carbons (Fsp3) is 0.182. The minimum Gasteiger partial charge on any atom is -0.392 e. The number of hydrogen-bond acceptors (Lipinski definition) is 2. The van der Waals surface area contributed by atoms with Crippen LogP contribution in [-0.4, -0.2) is 11.4 Å². The van der Waals surface area contributed by atoms with Gasteiger partial charge in [0.05, 0.1) is 6.61 Å². The smallest absolute Gasteiger partial charge is 0.135 e. The molecule has 3 heteroatoms. The van der Waals surface area contributed by atoms with E-state index in [0.717, 1.165) is 6.29 Å². The topological polar surface area (TPSA) is 37.3 Å². The van der Waals surface area contributed by atoms with Gasteiger partial charge in [-0.2, -0.15) is 0 Å². The molecule has 0 fully saturated rings. The van der Waals surface area contributed by atoms with E-state index in [4.69, 9.17) is 5.11 Å². The van der Waals surface area contributed by atoms with Crippen molar-refractivity contribution in [1.82, 2.24) is 0 Å². The van der Waals surface area contributed by atoms with Gasteiger partial charge in [-0.05, 0) is 0 Å². The summed E-state index contributed by atoms with van der Waals surface area (Å²) in [6.07, 6.45) is 4.11. The van der Waals surface area contributed by atoms with Crippen LogP contribution in [0, 0.1) is 5.82 Å². The summed E-state index contributed by atoms with van der Waals surface area (Å²) in [4.78, 5) is 10.0. The van der Waals surface area contributed by atoms with E-state index in [9.17, 15) is 9.18 Å². The maximum atomic E-state index is 13.4. The van der Waals surface area contributed by atoms with E-state index in [0.29, 0.717) is 5.56 Å². The van der Waals surface area contributed by atoms with Gasteiger partial charge in [-0.15, -0.1) is 0 Å². The summed E-state index contributed by atoms with van der Waals surface area (Å²) in [5.41, 5.74) is 0.650. The minimum atomic E-state index is -0.433. The SMILES string of the molecule is O=CCC=Cc1cccc(CO)c1F. The van der Waals surface area contributed by atoms with Gasteiger partial charge in [0.1, 0.15) is 12.1 Å². The first-order chi connectivity index (χ1) is 6.79. The summed E-state index contributed by atoms with van der Waals surface area (Å²) in [5.74, 6) is -0.433. The van der Waals surface area contributed by atoms with Crippen LogP contribution in [0.2, 0.25) is 0 Å². The normalized spacial score (nSPS) is 10.7. The van der Waals surface area contributed by atoms with Gasteiger partial charge in [0.2, 0.25) is 0 Å². The molecule has 14 heavy (non-hydrogen) atoms. The first-order valence-corrected chi connectivity index (χ1v) is 4.28. The highest BCUT2D eigenvalue weighted by molar-refractivity contribution is 5.58. The number of carbonyl (C=O) groups is 1. The Morgan fingerprint density at radius 1 is 1.43 bits per heavy atom. The third-order valence-electron chi connectivity index (χ3n) is 1.81. The molecule has 0 saturated carbocycles. The van der Waals surface area contributed by atoms with E-state index >= 15 is 0 Å². The lowest BCUT2D eigenvalue weighted by Gasteiger charge is -2.01. The quantitative estimate of drug-likeness (QED) is 0.743. The standard InChI is InChI=1S/C11H11FO2/c12-11-9(4-1-2-7-13)5-3-6-10(11)8-14/h1,3-7,14H,2,8H2. The van der Waals surface area contributed by atoms with Crippen LogP contribution in [0.3, 0.4) is 0 Å². The molecular formula is C11H11FO2. The van der Waals surface area contributed by atoms with Gasteiger partial charge >= 0.3 is 0 Å². The van der Waals surface area contributed by atoms with Crippen LogP contribution in [0.5, 0.6) is 0 Å². The highest BCUT2D eigenvalue weighted by Gasteiger charge is 2.03. The highest BCUT2D eigenvalue weighted by Crippen LogP contribution is 2.14. The van der Waals surface area contributed by atoms with Gasteiger partial charge in [-0.25, -0.2) is 4.39 Å². The Morgan fingerprint density at radius 3 is 2.86 bits per heavy atom. The second-order valence-electron chi connectivity index (χ2n) is 2.78. The van der Waals surface area contributed by atoms with E-state index < -0.39 is 5.82 Å². The predicted octanol–water partition coefficient (Wildman–Crippen LogP) is 1.92. The number of benzene rings is 1. The van der Waals surface area contributed by atoms with Crippen molar-refractivity contribution in [1.29, 1.82) is 0 Å². The maximum absolute atomic E-state index is 13.4. The first kappa shape index (κ1) is 10.6. The van der Waals surface area contributed by atoms with Gasteiger partial charge in [-0.1, -0.05) is 30.4 Å². The molecule has 0 saturated heterocycles. The molecule has 0 aliphatic rings. The molecule has 0 unspecified atom stereocenters. The Morgan fingerprint density at radius 2 is 2.21 bits per heavy atom. The Kier molecular flexibility index (Phi) is 4.01. The van der Waals surface area contributed by atoms with E-state index in [-0.39, 0.29) is 18.6 Å². The van der Waals surface area contributed by atoms with Crippen LogP contribution < -0.4 is 0 Å². The molecule has 74 valence electrons. The zero-order valence-electron chi connectivity index (χ0n) is 7.61. The number of allylic oxidation sites excluding steroid dienone is 1. The molecular weight excluding hydrogens is 183 g/mol. The Labute approximate surface area is 81.7 Å². The van der Waals surface area contributed by atoms with Gasteiger partial charge in [0.15, 0.2) is 0 Å². The largest absolute Gasteiger partial charge is 0.392 e. The van der Waals surface area contributed by atoms with Crippen molar-refractivity contribution in [3.05, 3.63) is 41.2 Å². The Hall–Kier alpha value is -1.48. The molecule has 1 rings (SSSR count). The summed E-state index contributed by atoms with van der Waals surface area (Å²) in [6, 6.07) is 4.78. The molecule has 0 atom stereocenters. The van der Waals surface area contributed by atoms with E-state index in [1.807, 2.05) is 0 Å². The molecule has 0 aliphatic carbocycles. The summed E-state index contributed by atoms with van der Waals surface area (Å²) < 4.78 is 13.4. The lowest BCUT2D eigenvalue weighted by molar-refractivity contribution is -0.107. The Balaban J connectivity index is 2.91. The lowest BCUT2D eigenvalue weighted by atomic mass is 10.1. The van der Waals surface area contributed by atoms with Crippen molar-refractivity contribution in [2.24, 2.45) is 0 Å². The van der Waals surface area contributed by atoms with Gasteiger partial charge in [0, 0.05) is 17.5 Å². The van der Waals surface area contributed by atoms with Crippen LogP contribution >= 0.6 is 0 Å². The molecule has 1 aromatic carbocycles. The predicted molar refractivity (Wildman–Crippen MR) is 52.0 cm³/mol. The molecule has 1 aromatic rings. The van der Waals surface area contributed by atoms with Gasteiger partial charge < -0.3 is 9.90 Å². The summed E-state index contributed by atoms with van der Waals surface area (Å²) >= 11 is 0. The lowest BCUT2D eigenvalue weighted by Crippen LogP contribution is -1.92. The number of aliphatic hydroxyl groups excluding tert-OH is 1. The van der Waals surface area contributed by atoms with Crippen molar-refractivity contribution in [2.75, 3.05) is 0 Å². The number of aldehydes is 1. The van der Waals surface area contributed by atoms with E-state index in [2.05, 4.69) is 0 Å². The van der Waals surface area contributed by atoms with Crippen molar-refractivity contribution in [3.63, 3.8) is 0 Å². The van der Waals surface area contributed by atoms with Gasteiger partial charge in [0.25, 0.3) is 0 Å². The minimum absolute atomic E-state index is 0.262. The first-order valence-electron chi connectivity index (χ1n) is 4.28. The summed E-state index contributed by atoms with van der Waals surface area (Å²) in [7, 11) is 0. The number of carbonyl (C=O) groups excluding carboxylic acids is 1. The average molecular weight is 194 g/mol. The molecule has 0 heterocycles. The number of hydrogen-bond donors (Lipinski definition) is 1. The van der Waals surface area contributed by atoms with Crippen molar-refractivity contribution in [3.8, 4) is 0 Å². The molecule has 0 radical (unpaired) electrons. The monoisotopic (exact) mass is 194 g/mol. The van der Waals surface area contributed by atoms with E-state index in [1.165, 1.54) is 12.1 Å².